The van der Waals surface area contributed by atoms with Crippen molar-refractivity contribution < 1.29 is 9.59 Å². The molecule has 2 aromatic rings. The zero-order valence-electron chi connectivity index (χ0n) is 17.6. The van der Waals surface area contributed by atoms with Gasteiger partial charge in [-0.15, -0.1) is 11.8 Å². The van der Waals surface area contributed by atoms with Gasteiger partial charge in [0.05, 0.1) is 5.75 Å². The third kappa shape index (κ3) is 7.22. The van der Waals surface area contributed by atoms with Crippen molar-refractivity contribution in [1.29, 1.82) is 0 Å². The molecule has 0 fully saturated rings. The van der Waals surface area contributed by atoms with Crippen LogP contribution in [0.2, 0.25) is 10.0 Å². The summed E-state index contributed by atoms with van der Waals surface area (Å²) in [6, 6.07) is 12.7. The fraction of sp³-hybridized carbons (Fsp3) is 0.391. The largest absolute Gasteiger partial charge is 0.354 e. The minimum Gasteiger partial charge on any atom is -0.354 e. The van der Waals surface area contributed by atoms with Gasteiger partial charge in [-0.1, -0.05) is 60.8 Å². The number of amides is 2. The summed E-state index contributed by atoms with van der Waals surface area (Å²) in [7, 11) is 0. The molecule has 0 aliphatic heterocycles. The lowest BCUT2D eigenvalue weighted by Gasteiger charge is -2.31. The van der Waals surface area contributed by atoms with Crippen molar-refractivity contribution in [3.05, 3.63) is 63.6 Å². The molecule has 0 bridgehead atoms. The van der Waals surface area contributed by atoms with Crippen LogP contribution in [0.25, 0.3) is 0 Å². The number of nitrogens with zero attached hydrogens (tertiary/aromatic N) is 1. The minimum absolute atomic E-state index is 0.106. The fourth-order valence-electron chi connectivity index (χ4n) is 2.98. The van der Waals surface area contributed by atoms with Crippen LogP contribution in [0, 0.1) is 6.92 Å². The Hall–Kier alpha value is -1.69. The molecule has 0 aliphatic carbocycles. The van der Waals surface area contributed by atoms with E-state index in [2.05, 4.69) is 5.32 Å². The highest BCUT2D eigenvalue weighted by atomic mass is 35.5. The van der Waals surface area contributed by atoms with E-state index in [1.807, 2.05) is 45.0 Å². The number of halogens is 2. The maximum atomic E-state index is 13.2. The van der Waals surface area contributed by atoms with Crippen LogP contribution < -0.4 is 5.32 Å². The quantitative estimate of drug-likeness (QED) is 0.454. The summed E-state index contributed by atoms with van der Waals surface area (Å²) in [6.07, 6.45) is 1.35. The van der Waals surface area contributed by atoms with E-state index in [1.165, 1.54) is 17.3 Å². The lowest BCUT2D eigenvalue weighted by Crippen LogP contribution is -2.49. The minimum atomic E-state index is -0.561. The van der Waals surface area contributed by atoms with Gasteiger partial charge >= 0.3 is 0 Å². The smallest absolute Gasteiger partial charge is 0.242 e. The van der Waals surface area contributed by atoms with Crippen LogP contribution in [0.3, 0.4) is 0 Å². The van der Waals surface area contributed by atoms with Crippen molar-refractivity contribution in [3.63, 3.8) is 0 Å². The number of rotatable bonds is 10. The van der Waals surface area contributed by atoms with Crippen molar-refractivity contribution in [3.8, 4) is 0 Å². The molecule has 0 spiro atoms. The molecule has 30 heavy (non-hydrogen) atoms. The summed E-state index contributed by atoms with van der Waals surface area (Å²) in [5, 5.41) is 3.93. The molecule has 162 valence electrons. The predicted molar refractivity (Wildman–Crippen MR) is 126 cm³/mol. The zero-order valence-corrected chi connectivity index (χ0v) is 19.9. The van der Waals surface area contributed by atoms with Gasteiger partial charge in [-0.05, 0) is 49.6 Å². The number of carbonyl (C=O) groups is 2. The monoisotopic (exact) mass is 466 g/mol. The molecule has 0 aromatic heterocycles. The molecule has 1 N–H and O–H groups in total. The second-order valence-corrected chi connectivity index (χ2v) is 8.97. The Morgan fingerprint density at radius 3 is 2.40 bits per heavy atom. The fourth-order valence-corrected chi connectivity index (χ4v) is 4.23. The van der Waals surface area contributed by atoms with Gasteiger partial charge in [0, 0.05) is 28.0 Å². The highest BCUT2D eigenvalue weighted by molar-refractivity contribution is 8.00. The Bertz CT molecular complexity index is 859. The maximum absolute atomic E-state index is 13.2. The molecule has 0 radical (unpaired) electrons. The van der Waals surface area contributed by atoms with Gasteiger partial charge in [0.25, 0.3) is 0 Å². The SMILES string of the molecule is CCCNC(=O)[C@@H](CC)N(Cc1ccc(Cl)cc1Cl)C(=O)CSc1ccc(C)cc1. The van der Waals surface area contributed by atoms with Gasteiger partial charge < -0.3 is 10.2 Å². The molecular weight excluding hydrogens is 439 g/mol. The first-order chi connectivity index (χ1) is 14.3. The van der Waals surface area contributed by atoms with E-state index in [0.717, 1.165) is 16.9 Å². The van der Waals surface area contributed by atoms with Crippen molar-refractivity contribution in [2.24, 2.45) is 0 Å². The highest BCUT2D eigenvalue weighted by Crippen LogP contribution is 2.25. The van der Waals surface area contributed by atoms with Gasteiger partial charge in [0.1, 0.15) is 6.04 Å². The Balaban J connectivity index is 2.22. The van der Waals surface area contributed by atoms with Crippen LogP contribution >= 0.6 is 35.0 Å². The van der Waals surface area contributed by atoms with Crippen LogP contribution in [0.1, 0.15) is 37.8 Å². The van der Waals surface area contributed by atoms with E-state index in [0.29, 0.717) is 23.0 Å². The topological polar surface area (TPSA) is 49.4 Å². The van der Waals surface area contributed by atoms with Gasteiger partial charge in [-0.2, -0.15) is 0 Å². The molecule has 2 rings (SSSR count). The van der Waals surface area contributed by atoms with E-state index >= 15 is 0 Å². The lowest BCUT2D eigenvalue weighted by atomic mass is 10.1. The average molecular weight is 467 g/mol. The molecular formula is C23H28Cl2N2O2S. The summed E-state index contributed by atoms with van der Waals surface area (Å²) in [6.45, 7) is 6.76. The Kier molecular flexibility index (Phi) is 10.0. The third-order valence-corrected chi connectivity index (χ3v) is 6.26. The summed E-state index contributed by atoms with van der Waals surface area (Å²) in [5.41, 5.74) is 1.93. The highest BCUT2D eigenvalue weighted by Gasteiger charge is 2.28. The first-order valence-electron chi connectivity index (χ1n) is 10.1. The zero-order chi connectivity index (χ0) is 22.1. The van der Waals surface area contributed by atoms with E-state index < -0.39 is 6.04 Å². The molecule has 0 saturated heterocycles. The first kappa shape index (κ1) is 24.6. The second kappa shape index (κ2) is 12.2. The first-order valence-corrected chi connectivity index (χ1v) is 11.8. The number of nitrogens with one attached hydrogen (secondary N) is 1. The number of hydrogen-bond acceptors (Lipinski definition) is 3. The van der Waals surface area contributed by atoms with Crippen molar-refractivity contribution in [2.45, 2.75) is 51.1 Å². The predicted octanol–water partition coefficient (Wildman–Crippen LogP) is 5.73. The number of aryl methyl sites for hydroxylation is 1. The maximum Gasteiger partial charge on any atom is 0.242 e. The lowest BCUT2D eigenvalue weighted by molar-refractivity contribution is -0.139. The van der Waals surface area contributed by atoms with Crippen molar-refractivity contribution in [1.82, 2.24) is 10.2 Å². The normalized spacial score (nSPS) is 11.8. The van der Waals surface area contributed by atoms with Crippen LogP contribution in [0.15, 0.2) is 47.4 Å². The van der Waals surface area contributed by atoms with Crippen LogP contribution in [-0.2, 0) is 16.1 Å². The van der Waals surface area contributed by atoms with Gasteiger partial charge in [-0.3, -0.25) is 9.59 Å². The van der Waals surface area contributed by atoms with E-state index in [9.17, 15) is 9.59 Å². The molecule has 0 aliphatic rings. The molecule has 0 saturated carbocycles. The standard InChI is InChI=1S/C23H28Cl2N2O2S/c1-4-12-26-23(29)21(5-2)27(14-17-8-9-18(24)13-20(17)25)22(28)15-30-19-10-6-16(3)7-11-19/h6-11,13,21H,4-5,12,14-15H2,1-3H3,(H,26,29)/t21-/m1/s1. The van der Waals surface area contributed by atoms with Gasteiger partial charge in [0.2, 0.25) is 11.8 Å². The molecule has 0 unspecified atom stereocenters. The molecule has 2 amide bonds. The Labute approximate surface area is 193 Å². The van der Waals surface area contributed by atoms with Crippen LogP contribution in [0.5, 0.6) is 0 Å². The number of hydrogen-bond donors (Lipinski definition) is 1. The summed E-state index contributed by atoms with van der Waals surface area (Å²) < 4.78 is 0. The number of thioether (sulfide) groups is 1. The van der Waals surface area contributed by atoms with E-state index in [4.69, 9.17) is 23.2 Å². The van der Waals surface area contributed by atoms with Crippen molar-refractivity contribution >= 4 is 46.8 Å². The van der Waals surface area contributed by atoms with Gasteiger partial charge in [-0.25, -0.2) is 0 Å². The van der Waals surface area contributed by atoms with E-state index in [-0.39, 0.29) is 24.1 Å². The molecule has 0 heterocycles. The third-order valence-electron chi connectivity index (χ3n) is 4.67. The Morgan fingerprint density at radius 2 is 1.80 bits per heavy atom. The number of carbonyl (C=O) groups excluding carboxylic acids is 2. The van der Waals surface area contributed by atoms with Crippen molar-refractivity contribution in [2.75, 3.05) is 12.3 Å². The molecule has 2 aromatic carbocycles. The average Bonchev–Trinajstić information content (AvgIpc) is 2.73. The molecule has 1 atom stereocenters. The van der Waals surface area contributed by atoms with Crippen LogP contribution in [-0.4, -0.2) is 35.1 Å². The summed E-state index contributed by atoms with van der Waals surface area (Å²) in [4.78, 5) is 28.6. The van der Waals surface area contributed by atoms with Gasteiger partial charge in [0.15, 0.2) is 0 Å². The summed E-state index contributed by atoms with van der Waals surface area (Å²) >= 11 is 13.8. The number of benzene rings is 2. The molecule has 4 nitrogen and oxygen atoms in total. The molecule has 7 heteroatoms. The second-order valence-electron chi connectivity index (χ2n) is 7.07. The Morgan fingerprint density at radius 1 is 1.10 bits per heavy atom. The van der Waals surface area contributed by atoms with Crippen LogP contribution in [0.4, 0.5) is 0 Å². The van der Waals surface area contributed by atoms with E-state index in [1.54, 1.807) is 23.1 Å². The summed E-state index contributed by atoms with van der Waals surface area (Å²) in [5.74, 6) is -0.00513.